The number of piperidine rings is 1. The number of ether oxygens (including phenoxy) is 1. The number of amides is 1. The number of carbonyl (C=O) groups is 1. The molecule has 174 valence electrons. The van der Waals surface area contributed by atoms with Crippen molar-refractivity contribution in [3.05, 3.63) is 70.8 Å². The number of anilines is 1. The van der Waals surface area contributed by atoms with E-state index in [4.69, 9.17) is 14.7 Å². The number of nitrogens with zero attached hydrogens (tertiary/aromatic N) is 4. The van der Waals surface area contributed by atoms with E-state index in [0.717, 1.165) is 64.6 Å². The van der Waals surface area contributed by atoms with Crippen molar-refractivity contribution in [2.24, 2.45) is 0 Å². The van der Waals surface area contributed by atoms with Gasteiger partial charge in [-0.15, -0.1) is 11.3 Å². The zero-order chi connectivity index (χ0) is 23.3. The van der Waals surface area contributed by atoms with Gasteiger partial charge in [-0.2, -0.15) is 0 Å². The lowest BCUT2D eigenvalue weighted by Gasteiger charge is -2.32. The molecular formula is C26H27N5O2S. The number of hydrogen-bond acceptors (Lipinski definition) is 7. The molecular weight excluding hydrogens is 446 g/mol. The Morgan fingerprint density at radius 1 is 1.12 bits per heavy atom. The SMILES string of the molecule is CCNC(=O)OCc1csc(C2CCN(c3cccc(-c4ccnc5ccccc45)n3)CC2)n1. The zero-order valence-corrected chi connectivity index (χ0v) is 19.9. The van der Waals surface area contributed by atoms with E-state index >= 15 is 0 Å². The van der Waals surface area contributed by atoms with Crippen LogP contribution in [-0.2, 0) is 11.3 Å². The molecule has 0 spiro atoms. The molecule has 4 heterocycles. The maximum absolute atomic E-state index is 11.5. The molecule has 5 rings (SSSR count). The van der Waals surface area contributed by atoms with Crippen LogP contribution in [0.2, 0.25) is 0 Å². The highest BCUT2D eigenvalue weighted by Crippen LogP contribution is 2.33. The maximum atomic E-state index is 11.5. The third-order valence-corrected chi connectivity index (χ3v) is 7.13. The fraction of sp³-hybridized carbons (Fsp3) is 0.308. The molecule has 0 saturated carbocycles. The van der Waals surface area contributed by atoms with Gasteiger partial charge in [-0.3, -0.25) is 4.98 Å². The summed E-state index contributed by atoms with van der Waals surface area (Å²) in [7, 11) is 0. The number of thiazole rings is 1. The molecule has 1 saturated heterocycles. The van der Waals surface area contributed by atoms with E-state index in [9.17, 15) is 4.79 Å². The maximum Gasteiger partial charge on any atom is 0.407 e. The molecule has 7 nitrogen and oxygen atoms in total. The van der Waals surface area contributed by atoms with E-state index in [0.29, 0.717) is 12.5 Å². The highest BCUT2D eigenvalue weighted by Gasteiger charge is 2.24. The molecule has 8 heteroatoms. The number of rotatable bonds is 6. The van der Waals surface area contributed by atoms with Crippen LogP contribution in [0.1, 0.15) is 36.4 Å². The van der Waals surface area contributed by atoms with E-state index in [2.05, 4.69) is 39.5 Å². The predicted octanol–water partition coefficient (Wildman–Crippen LogP) is 5.38. The van der Waals surface area contributed by atoms with Crippen molar-refractivity contribution in [1.82, 2.24) is 20.3 Å². The quantitative estimate of drug-likeness (QED) is 0.405. The third-order valence-electron chi connectivity index (χ3n) is 6.07. The second kappa shape index (κ2) is 10.2. The lowest BCUT2D eigenvalue weighted by Crippen LogP contribution is -2.33. The summed E-state index contributed by atoms with van der Waals surface area (Å²) in [5.74, 6) is 1.43. The molecule has 0 aliphatic carbocycles. The fourth-order valence-corrected chi connectivity index (χ4v) is 5.31. The van der Waals surface area contributed by atoms with Crippen LogP contribution in [-0.4, -0.2) is 40.7 Å². The summed E-state index contributed by atoms with van der Waals surface area (Å²) < 4.78 is 5.19. The van der Waals surface area contributed by atoms with Gasteiger partial charge in [-0.25, -0.2) is 14.8 Å². The number of alkyl carbamates (subject to hydrolysis) is 1. The van der Waals surface area contributed by atoms with Gasteiger partial charge in [0.25, 0.3) is 0 Å². The van der Waals surface area contributed by atoms with E-state index in [1.54, 1.807) is 11.3 Å². The second-order valence-corrected chi connectivity index (χ2v) is 9.19. The van der Waals surface area contributed by atoms with E-state index in [1.807, 2.05) is 42.8 Å². The summed E-state index contributed by atoms with van der Waals surface area (Å²) >= 11 is 1.66. The molecule has 1 fully saturated rings. The minimum Gasteiger partial charge on any atom is -0.443 e. The van der Waals surface area contributed by atoms with Crippen LogP contribution in [0.25, 0.3) is 22.2 Å². The van der Waals surface area contributed by atoms with Crippen molar-refractivity contribution in [2.75, 3.05) is 24.5 Å². The Balaban J connectivity index is 1.24. The summed E-state index contributed by atoms with van der Waals surface area (Å²) in [5, 5.41) is 6.86. The smallest absolute Gasteiger partial charge is 0.407 e. The number of carbonyl (C=O) groups excluding carboxylic acids is 1. The predicted molar refractivity (Wildman–Crippen MR) is 135 cm³/mol. The van der Waals surface area contributed by atoms with Gasteiger partial charge in [0.15, 0.2) is 0 Å². The molecule has 3 aromatic heterocycles. The Kier molecular flexibility index (Phi) is 6.67. The van der Waals surface area contributed by atoms with Gasteiger partial charge in [-0.1, -0.05) is 24.3 Å². The average Bonchev–Trinajstić information content (AvgIpc) is 3.37. The van der Waals surface area contributed by atoms with Gasteiger partial charge in [-0.05, 0) is 44.0 Å². The van der Waals surface area contributed by atoms with Gasteiger partial charge in [0.1, 0.15) is 12.4 Å². The number of hydrogen-bond donors (Lipinski definition) is 1. The number of pyridine rings is 2. The summed E-state index contributed by atoms with van der Waals surface area (Å²) in [6.45, 7) is 4.49. The van der Waals surface area contributed by atoms with Gasteiger partial charge < -0.3 is 15.0 Å². The molecule has 4 aromatic rings. The molecule has 1 N–H and O–H groups in total. The molecule has 1 aromatic carbocycles. The zero-order valence-electron chi connectivity index (χ0n) is 19.1. The fourth-order valence-electron chi connectivity index (χ4n) is 4.34. The first kappa shape index (κ1) is 22.3. The number of para-hydroxylation sites is 1. The van der Waals surface area contributed by atoms with Crippen molar-refractivity contribution in [3.63, 3.8) is 0 Å². The molecule has 0 atom stereocenters. The molecule has 1 aliphatic heterocycles. The minimum absolute atomic E-state index is 0.210. The topological polar surface area (TPSA) is 80.2 Å². The van der Waals surface area contributed by atoms with Crippen molar-refractivity contribution >= 4 is 34.2 Å². The molecule has 34 heavy (non-hydrogen) atoms. The van der Waals surface area contributed by atoms with Crippen LogP contribution in [0.3, 0.4) is 0 Å². The Hall–Kier alpha value is -3.52. The number of nitrogens with one attached hydrogen (secondary N) is 1. The molecule has 0 bridgehead atoms. The molecule has 1 amide bonds. The van der Waals surface area contributed by atoms with Crippen LogP contribution in [0.15, 0.2) is 60.1 Å². The minimum atomic E-state index is -0.403. The van der Waals surface area contributed by atoms with Crippen molar-refractivity contribution in [1.29, 1.82) is 0 Å². The van der Waals surface area contributed by atoms with E-state index < -0.39 is 6.09 Å². The third kappa shape index (κ3) is 4.87. The monoisotopic (exact) mass is 473 g/mol. The number of benzene rings is 1. The molecule has 0 unspecified atom stereocenters. The van der Waals surface area contributed by atoms with Crippen molar-refractivity contribution in [2.45, 2.75) is 32.3 Å². The lowest BCUT2D eigenvalue weighted by molar-refractivity contribution is 0.139. The Labute approximate surface area is 202 Å². The van der Waals surface area contributed by atoms with Crippen LogP contribution in [0.4, 0.5) is 10.6 Å². The van der Waals surface area contributed by atoms with Gasteiger partial charge >= 0.3 is 6.09 Å². The van der Waals surface area contributed by atoms with Gasteiger partial charge in [0.2, 0.25) is 0 Å². The van der Waals surface area contributed by atoms with Crippen LogP contribution in [0, 0.1) is 0 Å². The Morgan fingerprint density at radius 3 is 2.82 bits per heavy atom. The first-order chi connectivity index (χ1) is 16.7. The van der Waals surface area contributed by atoms with Crippen LogP contribution in [0.5, 0.6) is 0 Å². The Bertz CT molecular complexity index is 1280. The van der Waals surface area contributed by atoms with Crippen molar-refractivity contribution < 1.29 is 9.53 Å². The van der Waals surface area contributed by atoms with Crippen molar-refractivity contribution in [3.8, 4) is 11.3 Å². The molecule has 1 aliphatic rings. The number of aromatic nitrogens is 3. The standard InChI is InChI=1S/C26H27N5O2S/c1-2-27-26(32)33-16-19-17-34-25(29-19)18-11-14-31(15-12-18)24-9-5-8-23(30-24)21-10-13-28-22-7-4-3-6-20(21)22/h3-10,13,17-18H,2,11-12,14-16H2,1H3,(H,27,32). The second-order valence-electron chi connectivity index (χ2n) is 8.30. The van der Waals surface area contributed by atoms with Gasteiger partial charge in [0.05, 0.1) is 21.9 Å². The summed E-state index contributed by atoms with van der Waals surface area (Å²) in [6, 6.07) is 16.5. The molecule has 0 radical (unpaired) electrons. The highest BCUT2D eigenvalue weighted by molar-refractivity contribution is 7.09. The summed E-state index contributed by atoms with van der Waals surface area (Å²) in [4.78, 5) is 28.1. The van der Waals surface area contributed by atoms with E-state index in [-0.39, 0.29) is 6.61 Å². The Morgan fingerprint density at radius 2 is 1.97 bits per heavy atom. The largest absolute Gasteiger partial charge is 0.443 e. The summed E-state index contributed by atoms with van der Waals surface area (Å²) in [5.41, 5.74) is 3.86. The first-order valence-corrected chi connectivity index (χ1v) is 12.5. The number of fused-ring (bicyclic) bond motifs is 1. The highest BCUT2D eigenvalue weighted by atomic mass is 32.1. The normalized spacial score (nSPS) is 14.3. The average molecular weight is 474 g/mol. The van der Waals surface area contributed by atoms with Crippen LogP contribution >= 0.6 is 11.3 Å². The van der Waals surface area contributed by atoms with Gasteiger partial charge in [0, 0.05) is 48.1 Å². The first-order valence-electron chi connectivity index (χ1n) is 11.6. The van der Waals surface area contributed by atoms with E-state index in [1.165, 1.54) is 0 Å². The summed E-state index contributed by atoms with van der Waals surface area (Å²) in [6.07, 6.45) is 3.49. The lowest BCUT2D eigenvalue weighted by atomic mass is 9.97. The van der Waals surface area contributed by atoms with Crippen LogP contribution < -0.4 is 10.2 Å².